The second-order valence-corrected chi connectivity index (χ2v) is 6.47. The molecule has 0 aromatic carbocycles. The maximum absolute atomic E-state index is 6.25. The summed E-state index contributed by atoms with van der Waals surface area (Å²) in [4.78, 5) is 11.3. The molecule has 0 fully saturated rings. The molecule has 0 radical (unpaired) electrons. The fraction of sp³-hybridized carbons (Fsp3) is 0.529. The molecule has 0 saturated heterocycles. The lowest BCUT2D eigenvalue weighted by Crippen LogP contribution is -2.24. The minimum absolute atomic E-state index is 0.566. The molecule has 0 unspecified atom stereocenters. The summed E-state index contributed by atoms with van der Waals surface area (Å²) in [6.07, 6.45) is 2.63. The number of halogens is 1. The highest BCUT2D eigenvalue weighted by Gasteiger charge is 2.13. The third-order valence-electron chi connectivity index (χ3n) is 4.24. The minimum atomic E-state index is 0.566. The molecule has 0 aliphatic rings. The van der Waals surface area contributed by atoms with Crippen LogP contribution in [0.25, 0.3) is 5.65 Å². The zero-order valence-corrected chi connectivity index (χ0v) is 16.0. The molecule has 0 aliphatic carbocycles. The van der Waals surface area contributed by atoms with Crippen LogP contribution in [0.1, 0.15) is 37.5 Å². The predicted octanol–water partition coefficient (Wildman–Crippen LogP) is 2.84. The van der Waals surface area contributed by atoms with Crippen LogP contribution in [-0.2, 0) is 19.9 Å². The van der Waals surface area contributed by atoms with E-state index in [4.69, 9.17) is 16.6 Å². The van der Waals surface area contributed by atoms with Crippen LogP contribution >= 0.6 is 11.6 Å². The smallest absolute Gasteiger partial charge is 0.244 e. The Balaban J connectivity index is 1.75. The van der Waals surface area contributed by atoms with Crippen molar-refractivity contribution in [1.82, 2.24) is 29.4 Å². The summed E-state index contributed by atoms with van der Waals surface area (Å²) in [7, 11) is 1.94. The Morgan fingerprint density at radius 2 is 1.92 bits per heavy atom. The van der Waals surface area contributed by atoms with Gasteiger partial charge in [0.2, 0.25) is 5.95 Å². The van der Waals surface area contributed by atoms with E-state index in [9.17, 15) is 0 Å². The van der Waals surface area contributed by atoms with E-state index < -0.39 is 0 Å². The van der Waals surface area contributed by atoms with Crippen molar-refractivity contribution >= 4 is 23.2 Å². The highest BCUT2D eigenvalue weighted by atomic mass is 35.5. The van der Waals surface area contributed by atoms with E-state index in [-0.39, 0.29) is 0 Å². The van der Waals surface area contributed by atoms with Gasteiger partial charge in [-0.3, -0.25) is 4.68 Å². The fourth-order valence-corrected chi connectivity index (χ4v) is 3.02. The van der Waals surface area contributed by atoms with Crippen LogP contribution in [0.2, 0.25) is 5.15 Å². The van der Waals surface area contributed by atoms with Crippen LogP contribution in [-0.4, -0.2) is 42.5 Å². The lowest BCUT2D eigenvalue weighted by Gasteiger charge is -2.17. The Kier molecular flexibility index (Phi) is 5.22. The second kappa shape index (κ2) is 7.39. The Hall–Kier alpha value is -2.15. The van der Waals surface area contributed by atoms with Crippen molar-refractivity contribution < 1.29 is 0 Å². The maximum atomic E-state index is 6.25. The molecule has 0 amide bonds. The number of imidazole rings is 1. The first-order valence-electron chi connectivity index (χ1n) is 8.69. The van der Waals surface area contributed by atoms with Crippen molar-refractivity contribution in [2.24, 2.45) is 7.05 Å². The van der Waals surface area contributed by atoms with E-state index in [1.54, 1.807) is 4.52 Å². The van der Waals surface area contributed by atoms with Crippen molar-refractivity contribution in [1.29, 1.82) is 0 Å². The van der Waals surface area contributed by atoms with Gasteiger partial charge in [0.1, 0.15) is 5.82 Å². The van der Waals surface area contributed by atoms with E-state index >= 15 is 0 Å². The predicted molar refractivity (Wildman–Crippen MR) is 99.3 cm³/mol. The van der Waals surface area contributed by atoms with Crippen molar-refractivity contribution in [2.45, 2.75) is 40.0 Å². The SMILES string of the molecule is CCCN(CC)c1nc(CCc2ccc3nc(C)c(Cl)n3n2)n(C)n1. The lowest BCUT2D eigenvalue weighted by atomic mass is 10.2. The van der Waals surface area contributed by atoms with Gasteiger partial charge in [-0.25, -0.2) is 9.50 Å². The maximum Gasteiger partial charge on any atom is 0.244 e. The summed E-state index contributed by atoms with van der Waals surface area (Å²) >= 11 is 6.25. The van der Waals surface area contributed by atoms with E-state index in [0.29, 0.717) is 5.15 Å². The van der Waals surface area contributed by atoms with Gasteiger partial charge in [-0.15, -0.1) is 5.10 Å². The fourth-order valence-electron chi connectivity index (χ4n) is 2.85. The lowest BCUT2D eigenvalue weighted by molar-refractivity contribution is 0.679. The number of anilines is 1. The van der Waals surface area contributed by atoms with Gasteiger partial charge in [0.25, 0.3) is 0 Å². The molecule has 0 aliphatic heterocycles. The second-order valence-electron chi connectivity index (χ2n) is 6.11. The Labute approximate surface area is 152 Å². The normalized spacial score (nSPS) is 11.4. The molecule has 0 bridgehead atoms. The average molecular weight is 362 g/mol. The third kappa shape index (κ3) is 3.61. The van der Waals surface area contributed by atoms with Gasteiger partial charge in [-0.2, -0.15) is 10.1 Å². The monoisotopic (exact) mass is 361 g/mol. The first-order chi connectivity index (χ1) is 12.0. The minimum Gasteiger partial charge on any atom is -0.340 e. The number of hydrogen-bond acceptors (Lipinski definition) is 5. The molecule has 0 saturated carbocycles. The highest BCUT2D eigenvalue weighted by Crippen LogP contribution is 2.17. The largest absolute Gasteiger partial charge is 0.340 e. The van der Waals surface area contributed by atoms with Crippen molar-refractivity contribution in [2.75, 3.05) is 18.0 Å². The molecular weight excluding hydrogens is 338 g/mol. The van der Waals surface area contributed by atoms with E-state index in [1.807, 2.05) is 30.8 Å². The molecule has 3 rings (SSSR count). The van der Waals surface area contributed by atoms with Crippen LogP contribution in [0.4, 0.5) is 5.95 Å². The summed E-state index contributed by atoms with van der Waals surface area (Å²) < 4.78 is 3.55. The number of aryl methyl sites for hydroxylation is 4. The van der Waals surface area contributed by atoms with Gasteiger partial charge in [0, 0.05) is 26.6 Å². The Morgan fingerprint density at radius 1 is 1.12 bits per heavy atom. The van der Waals surface area contributed by atoms with Crippen LogP contribution in [0.3, 0.4) is 0 Å². The number of nitrogens with zero attached hydrogens (tertiary/aromatic N) is 7. The Morgan fingerprint density at radius 3 is 2.64 bits per heavy atom. The van der Waals surface area contributed by atoms with Crippen LogP contribution < -0.4 is 4.90 Å². The van der Waals surface area contributed by atoms with E-state index in [1.165, 1.54) is 0 Å². The first kappa shape index (κ1) is 17.7. The average Bonchev–Trinajstić information content (AvgIpc) is 3.11. The first-order valence-corrected chi connectivity index (χ1v) is 9.06. The zero-order valence-electron chi connectivity index (χ0n) is 15.2. The van der Waals surface area contributed by atoms with E-state index in [2.05, 4.69) is 33.9 Å². The van der Waals surface area contributed by atoms with Crippen LogP contribution in [0, 0.1) is 6.92 Å². The number of aromatic nitrogens is 6. The molecule has 134 valence electrons. The quantitative estimate of drug-likeness (QED) is 0.647. The van der Waals surface area contributed by atoms with Crippen LogP contribution in [0.15, 0.2) is 12.1 Å². The van der Waals surface area contributed by atoms with Crippen LogP contribution in [0.5, 0.6) is 0 Å². The molecule has 3 aromatic rings. The van der Waals surface area contributed by atoms with Crippen molar-refractivity contribution in [3.63, 3.8) is 0 Å². The Bertz CT molecular complexity index is 867. The summed E-state index contributed by atoms with van der Waals surface area (Å²) in [6.45, 7) is 8.05. The molecule has 3 heterocycles. The molecule has 25 heavy (non-hydrogen) atoms. The summed E-state index contributed by atoms with van der Waals surface area (Å²) in [6, 6.07) is 3.94. The van der Waals surface area contributed by atoms with Gasteiger partial charge < -0.3 is 4.90 Å². The summed E-state index contributed by atoms with van der Waals surface area (Å²) in [5.74, 6) is 1.76. The van der Waals surface area contributed by atoms with Gasteiger partial charge >= 0.3 is 0 Å². The van der Waals surface area contributed by atoms with Gasteiger partial charge in [0.05, 0.1) is 11.4 Å². The topological polar surface area (TPSA) is 64.1 Å². The van der Waals surface area contributed by atoms with Gasteiger partial charge in [-0.05, 0) is 38.8 Å². The zero-order chi connectivity index (χ0) is 18.0. The summed E-state index contributed by atoms with van der Waals surface area (Å²) in [5, 5.41) is 9.70. The van der Waals surface area contributed by atoms with Gasteiger partial charge in [0.15, 0.2) is 10.8 Å². The highest BCUT2D eigenvalue weighted by molar-refractivity contribution is 6.30. The number of fused-ring (bicyclic) bond motifs is 1. The molecule has 7 nitrogen and oxygen atoms in total. The third-order valence-corrected chi connectivity index (χ3v) is 4.68. The standard InChI is InChI=1S/C17H24ClN7/c1-5-11-24(6-2)17-20-14(23(4)22-17)9-7-13-8-10-15-19-12(3)16(18)25(15)21-13/h8,10H,5-7,9,11H2,1-4H3. The number of hydrogen-bond donors (Lipinski definition) is 0. The summed E-state index contributed by atoms with van der Waals surface area (Å²) in [5.41, 5.74) is 2.52. The van der Waals surface area contributed by atoms with Crippen molar-refractivity contribution in [3.05, 3.63) is 34.5 Å². The molecule has 8 heteroatoms. The molecule has 0 atom stereocenters. The number of rotatable bonds is 7. The molecular formula is C17H24ClN7. The van der Waals surface area contributed by atoms with Crippen molar-refractivity contribution in [3.8, 4) is 0 Å². The molecule has 3 aromatic heterocycles. The molecule has 0 spiro atoms. The van der Waals surface area contributed by atoms with E-state index in [0.717, 1.165) is 61.2 Å². The molecule has 0 N–H and O–H groups in total. The van der Waals surface area contributed by atoms with Gasteiger partial charge in [-0.1, -0.05) is 18.5 Å².